The van der Waals surface area contributed by atoms with Crippen LogP contribution in [0.2, 0.25) is 5.02 Å². The van der Waals surface area contributed by atoms with Crippen molar-refractivity contribution in [2.75, 3.05) is 0 Å². The van der Waals surface area contributed by atoms with E-state index in [0.29, 0.717) is 0 Å². The summed E-state index contributed by atoms with van der Waals surface area (Å²) in [6.07, 6.45) is 3.79. The second-order valence-electron chi connectivity index (χ2n) is 5.07. The summed E-state index contributed by atoms with van der Waals surface area (Å²) in [7, 11) is 0. The normalized spacial score (nSPS) is 10.6. The number of aromatic nitrogens is 1. The van der Waals surface area contributed by atoms with Gasteiger partial charge in [0.1, 0.15) is 0 Å². The number of fused-ring (bicyclic) bond motifs is 3. The average molecular weight is 313 g/mol. The minimum absolute atomic E-state index is 0. The maximum absolute atomic E-state index is 6.00. The number of pyridine rings is 1. The summed E-state index contributed by atoms with van der Waals surface area (Å²) in [6.45, 7) is 0. The van der Waals surface area contributed by atoms with Gasteiger partial charge in [-0.3, -0.25) is 4.98 Å². The minimum atomic E-state index is 0. The van der Waals surface area contributed by atoms with Crippen molar-refractivity contribution in [1.82, 2.24) is 4.98 Å². The van der Waals surface area contributed by atoms with Crippen molar-refractivity contribution in [1.29, 1.82) is 0 Å². The molecule has 1 radical (unpaired) electrons. The van der Waals surface area contributed by atoms with Gasteiger partial charge in [-0.15, -0.1) is 0 Å². The van der Waals surface area contributed by atoms with Crippen molar-refractivity contribution < 1.29 is 0 Å². The molecule has 1 nitrogen and oxygen atoms in total. The number of halogens is 1. The molecule has 3 heteroatoms. The number of nitrogens with zero attached hydrogens (tertiary/aromatic N) is 1. The quantitative estimate of drug-likeness (QED) is 0.342. The van der Waals surface area contributed by atoms with E-state index >= 15 is 0 Å². The third-order valence-corrected chi connectivity index (χ3v) is 4.07. The van der Waals surface area contributed by atoms with Gasteiger partial charge in [0.15, 0.2) is 0 Å². The molecule has 0 aliphatic rings. The molecule has 0 fully saturated rings. The zero-order valence-corrected chi connectivity index (χ0v) is 15.0. The van der Waals surface area contributed by atoms with Crippen LogP contribution in [0.3, 0.4) is 0 Å². The first-order valence-corrected chi connectivity index (χ1v) is 7.22. The van der Waals surface area contributed by atoms with Crippen LogP contribution in [-0.4, -0.2) is 34.5 Å². The van der Waals surface area contributed by atoms with Gasteiger partial charge in [-0.05, 0) is 51.6 Å². The molecule has 0 spiro atoms. The summed E-state index contributed by atoms with van der Waals surface area (Å²) in [5, 5.41) is 5.61. The molecule has 0 atom stereocenters. The van der Waals surface area contributed by atoms with Gasteiger partial charge in [-0.1, -0.05) is 48.0 Å². The molecular formula is C19H12ClNNa. The van der Waals surface area contributed by atoms with E-state index in [-0.39, 0.29) is 29.6 Å². The molecule has 0 saturated carbocycles. The van der Waals surface area contributed by atoms with E-state index in [1.54, 1.807) is 0 Å². The van der Waals surface area contributed by atoms with Gasteiger partial charge in [0, 0.05) is 52.4 Å². The van der Waals surface area contributed by atoms with Gasteiger partial charge in [0.2, 0.25) is 0 Å². The zero-order valence-electron chi connectivity index (χ0n) is 12.3. The van der Waals surface area contributed by atoms with E-state index < -0.39 is 0 Å². The third-order valence-electron chi connectivity index (χ3n) is 3.82. The molecule has 1 heterocycles. The molecule has 0 aliphatic carbocycles. The largest absolute Gasteiger partial charge is 0.264 e. The van der Waals surface area contributed by atoms with Crippen LogP contribution in [0.4, 0.5) is 0 Å². The van der Waals surface area contributed by atoms with Crippen LogP contribution in [0.15, 0.2) is 73.1 Å². The molecule has 22 heavy (non-hydrogen) atoms. The van der Waals surface area contributed by atoms with E-state index in [2.05, 4.69) is 53.5 Å². The SMILES string of the molecule is Clc1ccc(-c2cc3ccccc3c3cnccc23)cc1.[Na]. The zero-order chi connectivity index (χ0) is 14.2. The fraction of sp³-hybridized carbons (Fsp3) is 0. The number of benzene rings is 3. The first-order valence-electron chi connectivity index (χ1n) is 6.84. The Morgan fingerprint density at radius 1 is 0.773 bits per heavy atom. The molecule has 0 saturated heterocycles. The van der Waals surface area contributed by atoms with Gasteiger partial charge in [0.05, 0.1) is 0 Å². The van der Waals surface area contributed by atoms with Crippen molar-refractivity contribution in [3.63, 3.8) is 0 Å². The van der Waals surface area contributed by atoms with Gasteiger partial charge in [0.25, 0.3) is 0 Å². The van der Waals surface area contributed by atoms with E-state index in [0.717, 1.165) is 5.02 Å². The molecular weight excluding hydrogens is 301 g/mol. The van der Waals surface area contributed by atoms with E-state index in [1.807, 2.05) is 24.5 Å². The molecule has 0 unspecified atom stereocenters. The summed E-state index contributed by atoms with van der Waals surface area (Å²) < 4.78 is 0. The molecule has 4 aromatic rings. The van der Waals surface area contributed by atoms with E-state index in [1.165, 1.54) is 32.7 Å². The predicted octanol–water partition coefficient (Wildman–Crippen LogP) is 5.33. The first kappa shape index (κ1) is 15.5. The van der Waals surface area contributed by atoms with Crippen molar-refractivity contribution in [2.45, 2.75) is 0 Å². The van der Waals surface area contributed by atoms with Gasteiger partial charge < -0.3 is 0 Å². The molecule has 101 valence electrons. The number of hydrogen-bond donors (Lipinski definition) is 0. The molecule has 0 N–H and O–H groups in total. The Balaban J connectivity index is 0.00000144. The number of rotatable bonds is 1. The molecule has 1 aromatic heterocycles. The second-order valence-corrected chi connectivity index (χ2v) is 5.51. The molecule has 4 rings (SSSR count). The van der Waals surface area contributed by atoms with Crippen LogP contribution in [0, 0.1) is 0 Å². The van der Waals surface area contributed by atoms with Crippen molar-refractivity contribution >= 4 is 62.7 Å². The van der Waals surface area contributed by atoms with Gasteiger partial charge in [-0.2, -0.15) is 0 Å². The monoisotopic (exact) mass is 312 g/mol. The first-order chi connectivity index (χ1) is 10.3. The van der Waals surface area contributed by atoms with Crippen molar-refractivity contribution in [3.05, 3.63) is 78.1 Å². The minimum Gasteiger partial charge on any atom is -0.264 e. The van der Waals surface area contributed by atoms with Gasteiger partial charge in [-0.25, -0.2) is 0 Å². The van der Waals surface area contributed by atoms with E-state index in [9.17, 15) is 0 Å². The van der Waals surface area contributed by atoms with Crippen LogP contribution in [-0.2, 0) is 0 Å². The average Bonchev–Trinajstić information content (AvgIpc) is 2.55. The van der Waals surface area contributed by atoms with Crippen LogP contribution < -0.4 is 0 Å². The smallest absolute Gasteiger partial charge is 0.0406 e. The van der Waals surface area contributed by atoms with Gasteiger partial charge >= 0.3 is 0 Å². The van der Waals surface area contributed by atoms with Crippen molar-refractivity contribution in [2.24, 2.45) is 0 Å². The summed E-state index contributed by atoms with van der Waals surface area (Å²) in [5.41, 5.74) is 2.38. The second kappa shape index (κ2) is 6.39. The Kier molecular flexibility index (Phi) is 4.51. The Morgan fingerprint density at radius 2 is 1.55 bits per heavy atom. The fourth-order valence-corrected chi connectivity index (χ4v) is 2.94. The third kappa shape index (κ3) is 2.66. The van der Waals surface area contributed by atoms with Crippen LogP contribution in [0.5, 0.6) is 0 Å². The fourth-order valence-electron chi connectivity index (χ4n) is 2.81. The summed E-state index contributed by atoms with van der Waals surface area (Å²) in [4.78, 5) is 4.29. The summed E-state index contributed by atoms with van der Waals surface area (Å²) in [6, 6.07) is 20.7. The van der Waals surface area contributed by atoms with Crippen molar-refractivity contribution in [3.8, 4) is 11.1 Å². The molecule has 0 amide bonds. The Morgan fingerprint density at radius 3 is 2.36 bits per heavy atom. The van der Waals surface area contributed by atoms with Crippen LogP contribution >= 0.6 is 11.6 Å². The maximum atomic E-state index is 6.00. The Bertz CT molecular complexity index is 948. The summed E-state index contributed by atoms with van der Waals surface area (Å²) >= 11 is 6.00. The van der Waals surface area contributed by atoms with Crippen LogP contribution in [0.25, 0.3) is 32.7 Å². The maximum Gasteiger partial charge on any atom is 0.0406 e. The molecule has 3 aromatic carbocycles. The summed E-state index contributed by atoms with van der Waals surface area (Å²) in [5.74, 6) is 0. The predicted molar refractivity (Wildman–Crippen MR) is 95.4 cm³/mol. The Labute approximate surface area is 156 Å². The molecule has 0 bridgehead atoms. The number of hydrogen-bond acceptors (Lipinski definition) is 1. The topological polar surface area (TPSA) is 12.9 Å². The molecule has 0 aliphatic heterocycles. The van der Waals surface area contributed by atoms with E-state index in [4.69, 9.17) is 11.6 Å². The van der Waals surface area contributed by atoms with Crippen LogP contribution in [0.1, 0.15) is 0 Å². The standard InChI is InChI=1S/C19H12ClN.Na/c20-15-7-5-13(6-8-15)18-11-14-3-1-2-4-16(14)19-12-21-10-9-17(18)19;/h1-12H;. The Hall–Kier alpha value is -1.38.